The van der Waals surface area contributed by atoms with Gasteiger partial charge in [0.05, 0.1) is 11.6 Å². The maximum absolute atomic E-state index is 14.5. The molecule has 3 heterocycles. The van der Waals surface area contributed by atoms with E-state index in [9.17, 15) is 9.18 Å². The molecule has 1 aliphatic rings. The molecule has 1 saturated heterocycles. The summed E-state index contributed by atoms with van der Waals surface area (Å²) in [7, 11) is 0. The first-order valence-corrected chi connectivity index (χ1v) is 7.47. The van der Waals surface area contributed by atoms with E-state index in [2.05, 4.69) is 15.1 Å². The standard InChI is InChI=1S/C15H11ClFN5O/c16-14-10-7-20-22(15(10)19-8-18-14)12-4-3-9(6-11(12)17)21-5-1-2-13(21)23/h3-4,6-8H,1-2,5H2. The Morgan fingerprint density at radius 2 is 2.13 bits per heavy atom. The first-order chi connectivity index (χ1) is 11.1. The third-order valence-corrected chi connectivity index (χ3v) is 4.16. The van der Waals surface area contributed by atoms with Crippen LogP contribution in [0.15, 0.2) is 30.7 Å². The topological polar surface area (TPSA) is 63.9 Å². The fourth-order valence-electron chi connectivity index (χ4n) is 2.75. The number of halogens is 2. The van der Waals surface area contributed by atoms with E-state index in [0.29, 0.717) is 29.7 Å². The summed E-state index contributed by atoms with van der Waals surface area (Å²) in [6.45, 7) is 0.616. The molecule has 6 nitrogen and oxygen atoms in total. The van der Waals surface area contributed by atoms with Crippen LogP contribution in [0.4, 0.5) is 10.1 Å². The average Bonchev–Trinajstić information content (AvgIpc) is 3.14. The average molecular weight is 332 g/mol. The number of rotatable bonds is 2. The van der Waals surface area contributed by atoms with Gasteiger partial charge in [0.2, 0.25) is 5.91 Å². The van der Waals surface area contributed by atoms with Crippen molar-refractivity contribution in [1.29, 1.82) is 0 Å². The van der Waals surface area contributed by atoms with Crippen LogP contribution in [0.5, 0.6) is 0 Å². The number of hydrogen-bond donors (Lipinski definition) is 0. The van der Waals surface area contributed by atoms with Crippen LogP contribution in [0.1, 0.15) is 12.8 Å². The maximum atomic E-state index is 14.5. The summed E-state index contributed by atoms with van der Waals surface area (Å²) in [5, 5.41) is 4.95. The van der Waals surface area contributed by atoms with Crippen molar-refractivity contribution in [2.24, 2.45) is 0 Å². The summed E-state index contributed by atoms with van der Waals surface area (Å²) in [5.41, 5.74) is 1.22. The molecule has 0 N–H and O–H groups in total. The van der Waals surface area contributed by atoms with E-state index >= 15 is 0 Å². The van der Waals surface area contributed by atoms with Crippen molar-refractivity contribution in [2.75, 3.05) is 11.4 Å². The quantitative estimate of drug-likeness (QED) is 0.677. The minimum Gasteiger partial charge on any atom is -0.312 e. The Morgan fingerprint density at radius 3 is 2.87 bits per heavy atom. The Labute approximate surface area is 135 Å². The zero-order valence-electron chi connectivity index (χ0n) is 11.9. The highest BCUT2D eigenvalue weighted by Crippen LogP contribution is 2.27. The van der Waals surface area contributed by atoms with Crippen molar-refractivity contribution in [3.05, 3.63) is 41.7 Å². The number of amides is 1. The maximum Gasteiger partial charge on any atom is 0.227 e. The minimum atomic E-state index is -0.484. The van der Waals surface area contributed by atoms with Crippen molar-refractivity contribution in [3.63, 3.8) is 0 Å². The molecule has 116 valence electrons. The molecule has 0 atom stereocenters. The summed E-state index contributed by atoms with van der Waals surface area (Å²) < 4.78 is 15.9. The van der Waals surface area contributed by atoms with E-state index in [0.717, 1.165) is 6.42 Å². The van der Waals surface area contributed by atoms with Gasteiger partial charge in [0.25, 0.3) is 0 Å². The molecule has 0 spiro atoms. The van der Waals surface area contributed by atoms with Gasteiger partial charge in [-0.05, 0) is 24.6 Å². The molecule has 4 rings (SSSR count). The number of carbonyl (C=O) groups excluding carboxylic acids is 1. The van der Waals surface area contributed by atoms with E-state index < -0.39 is 5.82 Å². The Kier molecular flexibility index (Phi) is 3.23. The molecule has 1 amide bonds. The van der Waals surface area contributed by atoms with Gasteiger partial charge in [-0.3, -0.25) is 4.79 Å². The molecule has 1 fully saturated rings. The highest BCUT2D eigenvalue weighted by atomic mass is 35.5. The second kappa shape index (κ2) is 5.27. The Balaban J connectivity index is 1.80. The number of fused-ring (bicyclic) bond motifs is 1. The van der Waals surface area contributed by atoms with Gasteiger partial charge in [0, 0.05) is 18.7 Å². The largest absolute Gasteiger partial charge is 0.312 e. The molecular weight excluding hydrogens is 321 g/mol. The molecule has 0 bridgehead atoms. The van der Waals surface area contributed by atoms with Crippen LogP contribution in [0.25, 0.3) is 16.7 Å². The van der Waals surface area contributed by atoms with Gasteiger partial charge >= 0.3 is 0 Å². The molecule has 0 aliphatic carbocycles. The number of carbonyl (C=O) groups is 1. The lowest BCUT2D eigenvalue weighted by Crippen LogP contribution is -2.23. The molecule has 1 aliphatic heterocycles. The second-order valence-electron chi connectivity index (χ2n) is 5.24. The van der Waals surface area contributed by atoms with E-state index in [1.54, 1.807) is 17.0 Å². The smallest absolute Gasteiger partial charge is 0.227 e. The summed E-state index contributed by atoms with van der Waals surface area (Å²) in [5.74, 6) is -0.469. The predicted molar refractivity (Wildman–Crippen MR) is 83.2 cm³/mol. The lowest BCUT2D eigenvalue weighted by atomic mass is 10.2. The number of hydrogen-bond acceptors (Lipinski definition) is 4. The van der Waals surface area contributed by atoms with Crippen LogP contribution in [-0.4, -0.2) is 32.2 Å². The molecule has 1 aromatic carbocycles. The molecule has 0 saturated carbocycles. The highest BCUT2D eigenvalue weighted by Gasteiger charge is 2.23. The molecular formula is C15H11ClFN5O. The van der Waals surface area contributed by atoms with Crippen LogP contribution >= 0.6 is 11.6 Å². The van der Waals surface area contributed by atoms with Gasteiger partial charge in [-0.25, -0.2) is 19.0 Å². The monoisotopic (exact) mass is 331 g/mol. The van der Waals surface area contributed by atoms with Crippen LogP contribution in [0, 0.1) is 5.82 Å². The first-order valence-electron chi connectivity index (χ1n) is 7.09. The molecule has 3 aromatic rings. The van der Waals surface area contributed by atoms with Crippen molar-refractivity contribution < 1.29 is 9.18 Å². The molecule has 23 heavy (non-hydrogen) atoms. The van der Waals surface area contributed by atoms with E-state index in [-0.39, 0.29) is 16.7 Å². The third kappa shape index (κ3) is 2.24. The lowest BCUT2D eigenvalue weighted by molar-refractivity contribution is -0.117. The van der Waals surface area contributed by atoms with Gasteiger partial charge < -0.3 is 4.90 Å². The van der Waals surface area contributed by atoms with Gasteiger partial charge in [-0.2, -0.15) is 5.10 Å². The molecule has 8 heteroatoms. The number of nitrogens with zero attached hydrogens (tertiary/aromatic N) is 5. The van der Waals surface area contributed by atoms with Gasteiger partial charge in [0.15, 0.2) is 11.5 Å². The fraction of sp³-hybridized carbons (Fsp3) is 0.200. The van der Waals surface area contributed by atoms with Crippen molar-refractivity contribution >= 4 is 34.2 Å². The van der Waals surface area contributed by atoms with Crippen LogP contribution < -0.4 is 4.90 Å². The zero-order valence-corrected chi connectivity index (χ0v) is 12.7. The van der Waals surface area contributed by atoms with Crippen molar-refractivity contribution in [3.8, 4) is 5.69 Å². The Bertz CT molecular complexity index is 925. The number of benzene rings is 1. The van der Waals surface area contributed by atoms with Crippen LogP contribution in [0.3, 0.4) is 0 Å². The van der Waals surface area contributed by atoms with E-state index in [1.807, 2.05) is 0 Å². The van der Waals surface area contributed by atoms with Crippen LogP contribution in [0.2, 0.25) is 5.15 Å². The van der Waals surface area contributed by atoms with Crippen molar-refractivity contribution in [2.45, 2.75) is 12.8 Å². The Morgan fingerprint density at radius 1 is 1.26 bits per heavy atom. The van der Waals surface area contributed by atoms with Gasteiger partial charge in [0.1, 0.15) is 17.2 Å². The minimum absolute atomic E-state index is 0.0150. The van der Waals surface area contributed by atoms with Gasteiger partial charge in [-0.15, -0.1) is 0 Å². The van der Waals surface area contributed by atoms with Crippen molar-refractivity contribution in [1.82, 2.24) is 19.7 Å². The summed E-state index contributed by atoms with van der Waals surface area (Å²) in [6, 6.07) is 4.63. The SMILES string of the molecule is O=C1CCCN1c1ccc(-n2ncc3c(Cl)ncnc32)c(F)c1. The normalized spacial score (nSPS) is 14.9. The second-order valence-corrected chi connectivity index (χ2v) is 5.60. The fourth-order valence-corrected chi connectivity index (χ4v) is 2.93. The first kappa shape index (κ1) is 14.1. The van der Waals surface area contributed by atoms with E-state index in [1.165, 1.54) is 23.3 Å². The molecule has 0 unspecified atom stereocenters. The van der Waals surface area contributed by atoms with E-state index in [4.69, 9.17) is 11.6 Å². The number of anilines is 1. The number of aromatic nitrogens is 4. The third-order valence-electron chi connectivity index (χ3n) is 3.86. The summed E-state index contributed by atoms with van der Waals surface area (Å²) >= 11 is 5.98. The van der Waals surface area contributed by atoms with Crippen LogP contribution in [-0.2, 0) is 4.79 Å². The zero-order chi connectivity index (χ0) is 16.0. The lowest BCUT2D eigenvalue weighted by Gasteiger charge is -2.16. The Hall–Kier alpha value is -2.54. The van der Waals surface area contributed by atoms with Gasteiger partial charge in [-0.1, -0.05) is 11.6 Å². The predicted octanol–water partition coefficient (Wildman–Crippen LogP) is 2.73. The molecule has 2 aromatic heterocycles. The molecule has 0 radical (unpaired) electrons. The summed E-state index contributed by atoms with van der Waals surface area (Å²) in [4.78, 5) is 21.3. The highest BCUT2D eigenvalue weighted by molar-refractivity contribution is 6.33. The summed E-state index contributed by atoms with van der Waals surface area (Å²) in [6.07, 6.45) is 4.09.